The van der Waals surface area contributed by atoms with E-state index in [2.05, 4.69) is 26.0 Å². The summed E-state index contributed by atoms with van der Waals surface area (Å²) in [6.07, 6.45) is 1.82. The van der Waals surface area contributed by atoms with E-state index >= 15 is 0 Å². The van der Waals surface area contributed by atoms with Crippen molar-refractivity contribution in [2.24, 2.45) is 5.41 Å². The van der Waals surface area contributed by atoms with Crippen molar-refractivity contribution in [1.29, 1.82) is 0 Å². The van der Waals surface area contributed by atoms with E-state index in [1.807, 2.05) is 6.07 Å². The lowest BCUT2D eigenvalue weighted by molar-refractivity contribution is -0.154. The van der Waals surface area contributed by atoms with Gasteiger partial charge < -0.3 is 9.84 Å². The monoisotopic (exact) mass is 248 g/mol. The van der Waals surface area contributed by atoms with Crippen LogP contribution >= 0.6 is 0 Å². The van der Waals surface area contributed by atoms with Crippen LogP contribution in [-0.2, 0) is 16.0 Å². The molecule has 3 nitrogen and oxygen atoms in total. The largest absolute Gasteiger partial charge is 0.481 e. The minimum atomic E-state index is -0.691. The van der Waals surface area contributed by atoms with Crippen LogP contribution in [0.2, 0.25) is 0 Å². The van der Waals surface area contributed by atoms with Crippen molar-refractivity contribution in [3.63, 3.8) is 0 Å². The van der Waals surface area contributed by atoms with Gasteiger partial charge in [0.25, 0.3) is 0 Å². The van der Waals surface area contributed by atoms with E-state index in [-0.39, 0.29) is 0 Å². The highest BCUT2D eigenvalue weighted by molar-refractivity contribution is 5.75. The van der Waals surface area contributed by atoms with Gasteiger partial charge in [-0.1, -0.05) is 18.2 Å². The van der Waals surface area contributed by atoms with Crippen molar-refractivity contribution in [3.05, 3.63) is 34.9 Å². The number of aryl methyl sites for hydroxylation is 2. The van der Waals surface area contributed by atoms with Crippen molar-refractivity contribution in [2.75, 3.05) is 13.2 Å². The van der Waals surface area contributed by atoms with Crippen molar-refractivity contribution < 1.29 is 14.6 Å². The van der Waals surface area contributed by atoms with Gasteiger partial charge in [0.2, 0.25) is 0 Å². The lowest BCUT2D eigenvalue weighted by Gasteiger charge is -2.33. The van der Waals surface area contributed by atoms with Crippen molar-refractivity contribution in [1.82, 2.24) is 0 Å². The number of benzene rings is 1. The normalized spacial score (nSPS) is 18.6. The highest BCUT2D eigenvalue weighted by atomic mass is 16.5. The van der Waals surface area contributed by atoms with Crippen LogP contribution in [0, 0.1) is 19.3 Å². The van der Waals surface area contributed by atoms with Crippen LogP contribution in [0.5, 0.6) is 0 Å². The molecular formula is C15H20O3. The van der Waals surface area contributed by atoms with Crippen molar-refractivity contribution >= 4 is 5.97 Å². The molecule has 0 bridgehead atoms. The summed E-state index contributed by atoms with van der Waals surface area (Å²) in [6.45, 7) is 5.24. The molecule has 1 N–H and O–H groups in total. The molecule has 1 aliphatic rings. The van der Waals surface area contributed by atoms with Crippen molar-refractivity contribution in [2.45, 2.75) is 33.1 Å². The number of rotatable bonds is 3. The van der Waals surface area contributed by atoms with Crippen LogP contribution in [0.25, 0.3) is 0 Å². The van der Waals surface area contributed by atoms with Crippen LogP contribution in [0.4, 0.5) is 0 Å². The molecule has 0 amide bonds. The van der Waals surface area contributed by atoms with Crippen LogP contribution in [0.3, 0.4) is 0 Å². The van der Waals surface area contributed by atoms with Crippen LogP contribution in [-0.4, -0.2) is 24.3 Å². The predicted octanol–water partition coefficient (Wildman–Crippen LogP) is 2.73. The first-order valence-corrected chi connectivity index (χ1v) is 6.41. The molecule has 3 heteroatoms. The van der Waals surface area contributed by atoms with Crippen LogP contribution < -0.4 is 0 Å². The van der Waals surface area contributed by atoms with Gasteiger partial charge in [0, 0.05) is 13.2 Å². The van der Waals surface area contributed by atoms with Gasteiger partial charge in [0.15, 0.2) is 0 Å². The van der Waals surface area contributed by atoms with Gasteiger partial charge >= 0.3 is 5.97 Å². The van der Waals surface area contributed by atoms with E-state index in [9.17, 15) is 9.90 Å². The zero-order chi connectivity index (χ0) is 13.2. The minimum absolute atomic E-state index is 0.553. The predicted molar refractivity (Wildman–Crippen MR) is 69.7 cm³/mol. The molecule has 0 radical (unpaired) electrons. The van der Waals surface area contributed by atoms with E-state index in [0.29, 0.717) is 32.5 Å². The summed E-state index contributed by atoms with van der Waals surface area (Å²) in [6, 6.07) is 6.22. The fourth-order valence-corrected chi connectivity index (χ4v) is 2.53. The van der Waals surface area contributed by atoms with Gasteiger partial charge in [-0.25, -0.2) is 0 Å². The Labute approximate surface area is 108 Å². The number of ether oxygens (including phenoxy) is 1. The third kappa shape index (κ3) is 2.56. The first-order valence-electron chi connectivity index (χ1n) is 6.41. The van der Waals surface area contributed by atoms with Crippen molar-refractivity contribution in [3.8, 4) is 0 Å². The van der Waals surface area contributed by atoms with E-state index in [1.54, 1.807) is 0 Å². The maximum atomic E-state index is 11.6. The van der Waals surface area contributed by atoms with E-state index < -0.39 is 11.4 Å². The Bertz CT molecular complexity index is 445. The highest BCUT2D eigenvalue weighted by Crippen LogP contribution is 2.35. The maximum Gasteiger partial charge on any atom is 0.310 e. The number of hydrogen-bond donors (Lipinski definition) is 1. The molecular weight excluding hydrogens is 228 g/mol. The second kappa shape index (κ2) is 5.11. The molecule has 1 fully saturated rings. The average Bonchev–Trinajstić information content (AvgIpc) is 2.35. The summed E-state index contributed by atoms with van der Waals surface area (Å²) in [5.41, 5.74) is 2.94. The standard InChI is InChI=1S/C15H20O3/c1-11-3-4-13(9-12(11)2)10-15(14(16)17)5-7-18-8-6-15/h3-4,9H,5-8,10H2,1-2H3,(H,16,17). The van der Waals surface area contributed by atoms with Gasteiger partial charge in [-0.05, 0) is 49.8 Å². The summed E-state index contributed by atoms with van der Waals surface area (Å²) in [5, 5.41) is 9.52. The van der Waals surface area contributed by atoms with Crippen LogP contribution in [0.1, 0.15) is 29.5 Å². The number of aliphatic carboxylic acids is 1. The molecule has 0 aliphatic carbocycles. The van der Waals surface area contributed by atoms with E-state index in [0.717, 1.165) is 5.56 Å². The molecule has 98 valence electrons. The maximum absolute atomic E-state index is 11.6. The summed E-state index contributed by atoms with van der Waals surface area (Å²) in [7, 11) is 0. The molecule has 0 aromatic heterocycles. The molecule has 0 saturated carbocycles. The Hall–Kier alpha value is -1.35. The van der Waals surface area contributed by atoms with Gasteiger partial charge in [0.1, 0.15) is 0 Å². The van der Waals surface area contributed by atoms with Crippen LogP contribution in [0.15, 0.2) is 18.2 Å². The lowest BCUT2D eigenvalue weighted by Crippen LogP contribution is -2.39. The fraction of sp³-hybridized carbons (Fsp3) is 0.533. The molecule has 1 aliphatic heterocycles. The first-order chi connectivity index (χ1) is 8.53. The Morgan fingerprint density at radius 2 is 1.94 bits per heavy atom. The molecule has 1 aromatic carbocycles. The Kier molecular flexibility index (Phi) is 3.71. The van der Waals surface area contributed by atoms with Gasteiger partial charge in [-0.2, -0.15) is 0 Å². The highest BCUT2D eigenvalue weighted by Gasteiger charge is 2.40. The quantitative estimate of drug-likeness (QED) is 0.894. The Morgan fingerprint density at radius 3 is 2.50 bits per heavy atom. The van der Waals surface area contributed by atoms with E-state index in [4.69, 9.17) is 4.74 Å². The molecule has 0 spiro atoms. The number of carboxylic acids is 1. The second-order valence-electron chi connectivity index (χ2n) is 5.29. The minimum Gasteiger partial charge on any atom is -0.481 e. The lowest BCUT2D eigenvalue weighted by atomic mass is 9.75. The molecule has 18 heavy (non-hydrogen) atoms. The molecule has 1 saturated heterocycles. The smallest absolute Gasteiger partial charge is 0.310 e. The zero-order valence-corrected chi connectivity index (χ0v) is 11.0. The SMILES string of the molecule is Cc1ccc(CC2(C(=O)O)CCOCC2)cc1C. The van der Waals surface area contributed by atoms with E-state index in [1.165, 1.54) is 11.1 Å². The Balaban J connectivity index is 2.23. The number of carboxylic acid groups (broad SMARTS) is 1. The molecule has 0 unspecified atom stereocenters. The van der Waals surface area contributed by atoms with Gasteiger partial charge in [-0.15, -0.1) is 0 Å². The third-order valence-electron chi connectivity index (χ3n) is 4.02. The summed E-state index contributed by atoms with van der Waals surface area (Å²) < 4.78 is 5.29. The molecule has 1 heterocycles. The summed E-state index contributed by atoms with van der Waals surface area (Å²) in [5.74, 6) is -0.691. The molecule has 2 rings (SSSR count). The Morgan fingerprint density at radius 1 is 1.28 bits per heavy atom. The summed E-state index contributed by atoms with van der Waals surface area (Å²) in [4.78, 5) is 11.6. The average molecular weight is 248 g/mol. The third-order valence-corrected chi connectivity index (χ3v) is 4.02. The number of carbonyl (C=O) groups is 1. The topological polar surface area (TPSA) is 46.5 Å². The van der Waals surface area contributed by atoms with Gasteiger partial charge in [0.05, 0.1) is 5.41 Å². The fourth-order valence-electron chi connectivity index (χ4n) is 2.53. The molecule has 1 aromatic rings. The first kappa shape index (κ1) is 13.1. The van der Waals surface area contributed by atoms with Gasteiger partial charge in [-0.3, -0.25) is 4.79 Å². The summed E-state index contributed by atoms with van der Waals surface area (Å²) >= 11 is 0. The molecule has 0 atom stereocenters. The second-order valence-corrected chi connectivity index (χ2v) is 5.29. The number of hydrogen-bond acceptors (Lipinski definition) is 2. The zero-order valence-electron chi connectivity index (χ0n) is 11.0.